The number of methoxy groups -OCH3 is 1. The molecule has 0 aliphatic rings. The first-order chi connectivity index (χ1) is 17.8. The first kappa shape index (κ1) is 36.5. The van der Waals surface area contributed by atoms with Crippen molar-refractivity contribution in [1.29, 1.82) is 0 Å². The van der Waals surface area contributed by atoms with Crippen molar-refractivity contribution in [3.05, 3.63) is 0 Å². The van der Waals surface area contributed by atoms with Crippen LogP contribution in [0.25, 0.3) is 0 Å². The van der Waals surface area contributed by atoms with E-state index in [2.05, 4.69) is 32.8 Å². The summed E-state index contributed by atoms with van der Waals surface area (Å²) in [5, 5.41) is 0. The highest BCUT2D eigenvalue weighted by atomic mass is 31.2. The zero-order valence-corrected chi connectivity index (χ0v) is 25.9. The highest BCUT2D eigenvalue weighted by molar-refractivity contribution is 7.40. The van der Waals surface area contributed by atoms with Crippen molar-refractivity contribution in [3.8, 4) is 0 Å². The van der Waals surface area contributed by atoms with E-state index >= 15 is 0 Å². The average molecular weight is 551 g/mol. The van der Waals surface area contributed by atoms with Crippen molar-refractivity contribution in [3.63, 3.8) is 0 Å². The number of unbranched alkanes of at least 4 members (excludes halogenated alkanes) is 17. The van der Waals surface area contributed by atoms with E-state index in [0.29, 0.717) is 13.0 Å². The fourth-order valence-electron chi connectivity index (χ4n) is 4.21. The van der Waals surface area contributed by atoms with Gasteiger partial charge in [-0.3, -0.25) is 0 Å². The molecule has 0 radical (unpaired) electrons. The maximum Gasteiger partial charge on any atom is 0.508 e. The van der Waals surface area contributed by atoms with E-state index in [1.807, 2.05) is 0 Å². The molecular formula is C29H61NO6P+. The summed E-state index contributed by atoms with van der Waals surface area (Å²) in [5.74, 6) is 0. The number of likely N-dealkylation sites (N-methyl/N-ethyl adjacent to an activating group) is 1. The lowest BCUT2D eigenvalue weighted by Gasteiger charge is -2.24. The van der Waals surface area contributed by atoms with Gasteiger partial charge >= 0.3 is 14.8 Å². The minimum Gasteiger partial charge on any atom is -0.438 e. The molecule has 0 saturated carbocycles. The number of rotatable bonds is 27. The van der Waals surface area contributed by atoms with Crippen LogP contribution in [0.2, 0.25) is 0 Å². The zero-order valence-electron chi connectivity index (χ0n) is 25.0. The Morgan fingerprint density at radius 3 is 1.57 bits per heavy atom. The van der Waals surface area contributed by atoms with Gasteiger partial charge in [-0.25, -0.2) is 4.79 Å². The average Bonchev–Trinajstić information content (AvgIpc) is 2.85. The number of carbonyl (C=O) groups excluding carboxylic acids is 1. The van der Waals surface area contributed by atoms with Crippen molar-refractivity contribution < 1.29 is 32.7 Å². The van der Waals surface area contributed by atoms with Crippen LogP contribution in [0.3, 0.4) is 0 Å². The predicted molar refractivity (Wildman–Crippen MR) is 155 cm³/mol. The van der Waals surface area contributed by atoms with Gasteiger partial charge in [-0.05, 0) is 12.8 Å². The number of hydrogen-bond acceptors (Lipinski definition) is 6. The Hall–Kier alpha value is -0.460. The van der Waals surface area contributed by atoms with Crippen molar-refractivity contribution >= 4 is 14.8 Å². The largest absolute Gasteiger partial charge is 0.508 e. The second-order valence-electron chi connectivity index (χ2n) is 11.4. The van der Waals surface area contributed by atoms with E-state index in [4.69, 9.17) is 13.8 Å². The topological polar surface area (TPSA) is 74.2 Å². The van der Waals surface area contributed by atoms with Crippen LogP contribution in [0.1, 0.15) is 129 Å². The molecule has 8 heteroatoms. The van der Waals surface area contributed by atoms with Crippen LogP contribution < -0.4 is 0 Å². The van der Waals surface area contributed by atoms with E-state index in [1.165, 1.54) is 110 Å². The van der Waals surface area contributed by atoms with Crippen LogP contribution in [-0.4, -0.2) is 69.6 Å². The van der Waals surface area contributed by atoms with Gasteiger partial charge in [-0.2, -0.15) is 0 Å². The van der Waals surface area contributed by atoms with Gasteiger partial charge in [0, 0.05) is 0 Å². The smallest absolute Gasteiger partial charge is 0.438 e. The summed E-state index contributed by atoms with van der Waals surface area (Å²) in [7, 11) is 5.49. The maximum atomic E-state index is 11.6. The van der Waals surface area contributed by atoms with Crippen molar-refractivity contribution in [2.45, 2.75) is 135 Å². The molecule has 0 amide bonds. The SMILES string of the molecule is CCCCCCCCCCCCCCCCCCCCC(COP(O)OCC[N+](C)(C)C)OC(=O)OC. The van der Waals surface area contributed by atoms with E-state index in [9.17, 15) is 9.69 Å². The molecule has 0 aromatic carbocycles. The molecular weight excluding hydrogens is 489 g/mol. The molecule has 2 unspecified atom stereocenters. The summed E-state index contributed by atoms with van der Waals surface area (Å²) >= 11 is 0. The maximum absolute atomic E-state index is 11.6. The third kappa shape index (κ3) is 28.4. The van der Waals surface area contributed by atoms with Crippen LogP contribution >= 0.6 is 8.60 Å². The van der Waals surface area contributed by atoms with Crippen LogP contribution in [0, 0.1) is 0 Å². The van der Waals surface area contributed by atoms with E-state index in [-0.39, 0.29) is 6.61 Å². The monoisotopic (exact) mass is 550 g/mol. The Balaban J connectivity index is 3.68. The molecule has 1 N–H and O–H groups in total. The molecule has 7 nitrogen and oxygen atoms in total. The lowest BCUT2D eigenvalue weighted by Crippen LogP contribution is -2.37. The van der Waals surface area contributed by atoms with Crippen molar-refractivity contribution in [2.24, 2.45) is 0 Å². The molecule has 0 bridgehead atoms. The second kappa shape index (κ2) is 25.8. The third-order valence-corrected chi connectivity index (χ3v) is 7.42. The molecule has 0 aliphatic heterocycles. The van der Waals surface area contributed by atoms with Gasteiger partial charge in [-0.1, -0.05) is 116 Å². The first-order valence-electron chi connectivity index (χ1n) is 15.1. The molecule has 0 aromatic heterocycles. The van der Waals surface area contributed by atoms with E-state index < -0.39 is 20.9 Å². The zero-order chi connectivity index (χ0) is 27.6. The highest BCUT2D eigenvalue weighted by Crippen LogP contribution is 2.33. The summed E-state index contributed by atoms with van der Waals surface area (Å²) in [6, 6.07) is 0. The minimum absolute atomic E-state index is 0.112. The van der Waals surface area contributed by atoms with Gasteiger partial charge in [-0.15, -0.1) is 0 Å². The number of hydrogen-bond donors (Lipinski definition) is 1. The molecule has 0 aromatic rings. The third-order valence-electron chi connectivity index (χ3n) is 6.64. The minimum atomic E-state index is -1.98. The summed E-state index contributed by atoms with van der Waals surface area (Å²) in [6.45, 7) is 3.57. The van der Waals surface area contributed by atoms with Crippen LogP contribution in [0.5, 0.6) is 0 Å². The van der Waals surface area contributed by atoms with Crippen molar-refractivity contribution in [1.82, 2.24) is 0 Å². The van der Waals surface area contributed by atoms with Gasteiger partial charge in [0.2, 0.25) is 0 Å². The van der Waals surface area contributed by atoms with Gasteiger partial charge in [0.1, 0.15) is 19.3 Å². The summed E-state index contributed by atoms with van der Waals surface area (Å²) in [5.41, 5.74) is 0. The Kier molecular flexibility index (Phi) is 25.5. The van der Waals surface area contributed by atoms with Gasteiger partial charge in [0.05, 0.1) is 34.9 Å². The summed E-state index contributed by atoms with van der Waals surface area (Å²) in [6.07, 6.45) is 23.6. The fraction of sp³-hybridized carbons (Fsp3) is 0.966. The lowest BCUT2D eigenvalue weighted by molar-refractivity contribution is -0.870. The molecule has 37 heavy (non-hydrogen) atoms. The standard InChI is InChI=1S/C29H61NO6P/c1-6-7-8-9-10-11-12-13-14-15-16-17-18-19-20-21-22-23-24-28(36-29(31)33-5)27-35-37(32)34-26-25-30(2,3)4/h28,32H,6-27H2,1-5H3/q+1. The lowest BCUT2D eigenvalue weighted by atomic mass is 10.0. The Bertz CT molecular complexity index is 503. The molecule has 2 atom stereocenters. The number of ether oxygens (including phenoxy) is 2. The first-order valence-corrected chi connectivity index (χ1v) is 16.2. The van der Waals surface area contributed by atoms with Crippen LogP contribution in [0.4, 0.5) is 4.79 Å². The van der Waals surface area contributed by atoms with E-state index in [0.717, 1.165) is 23.9 Å². The molecule has 222 valence electrons. The summed E-state index contributed by atoms with van der Waals surface area (Å²) < 4.78 is 21.4. The Morgan fingerprint density at radius 1 is 0.730 bits per heavy atom. The number of carbonyl (C=O) groups is 1. The molecule has 0 aliphatic carbocycles. The number of quaternary nitrogens is 1. The van der Waals surface area contributed by atoms with Crippen molar-refractivity contribution in [2.75, 3.05) is 48.0 Å². The molecule has 0 rings (SSSR count). The molecule has 0 saturated heterocycles. The van der Waals surface area contributed by atoms with E-state index in [1.54, 1.807) is 0 Å². The normalized spacial score (nSPS) is 13.5. The number of nitrogens with zero attached hydrogens (tertiary/aromatic N) is 1. The quantitative estimate of drug-likeness (QED) is 0.0478. The summed E-state index contributed by atoms with van der Waals surface area (Å²) in [4.78, 5) is 21.5. The highest BCUT2D eigenvalue weighted by Gasteiger charge is 2.19. The van der Waals surface area contributed by atoms with Gasteiger partial charge < -0.3 is 27.9 Å². The molecule has 0 spiro atoms. The molecule has 0 fully saturated rings. The van der Waals surface area contributed by atoms with Gasteiger partial charge in [0.15, 0.2) is 0 Å². The molecule has 0 heterocycles. The Labute approximate surface area is 230 Å². The van der Waals surface area contributed by atoms with Crippen LogP contribution in [0.15, 0.2) is 0 Å². The van der Waals surface area contributed by atoms with Gasteiger partial charge in [0.25, 0.3) is 0 Å². The second-order valence-corrected chi connectivity index (χ2v) is 12.4. The fourth-order valence-corrected chi connectivity index (χ4v) is 4.82. The Morgan fingerprint density at radius 2 is 1.16 bits per heavy atom. The van der Waals surface area contributed by atoms with Crippen LogP contribution in [-0.2, 0) is 18.5 Å². The predicted octanol–water partition coefficient (Wildman–Crippen LogP) is 8.53.